The van der Waals surface area contributed by atoms with E-state index in [1.165, 1.54) is 11.1 Å². The molecule has 27 heavy (non-hydrogen) atoms. The number of carbonyl (C=O) groups excluding carboxylic acids is 1. The fraction of sp³-hybridized carbons (Fsp3) is 0.458. The lowest BCUT2D eigenvalue weighted by atomic mass is 9.80. The number of Topliss-reactive ketones (excluding diaryl/α,β-unsaturated/α-hetero) is 1. The smallest absolute Gasteiger partial charge is 0.133 e. The molecule has 2 aromatic rings. The molecule has 3 rings (SSSR count). The summed E-state index contributed by atoms with van der Waals surface area (Å²) >= 11 is 0. The molecule has 0 aliphatic heterocycles. The number of benzene rings is 2. The third-order valence-corrected chi connectivity index (χ3v) is 5.54. The number of methoxy groups -OCH3 is 1. The van der Waals surface area contributed by atoms with Crippen molar-refractivity contribution in [2.24, 2.45) is 5.92 Å². The molecule has 2 atom stereocenters. The molecular weight excluding hydrogens is 334 g/mol. The van der Waals surface area contributed by atoms with Crippen LogP contribution in [0.1, 0.15) is 63.6 Å². The van der Waals surface area contributed by atoms with Crippen LogP contribution in [0.15, 0.2) is 48.5 Å². The monoisotopic (exact) mass is 365 g/mol. The Kier molecular flexibility index (Phi) is 5.88. The Hall–Kier alpha value is -2.29. The molecule has 0 saturated heterocycles. The highest BCUT2D eigenvalue weighted by molar-refractivity contribution is 5.79. The minimum Gasteiger partial charge on any atom is -0.497 e. The van der Waals surface area contributed by atoms with Crippen LogP contribution in [-0.4, -0.2) is 12.9 Å². The third-order valence-electron chi connectivity index (χ3n) is 5.54. The van der Waals surface area contributed by atoms with E-state index in [1.54, 1.807) is 7.11 Å². The fourth-order valence-electron chi connectivity index (χ4n) is 3.87. The highest BCUT2D eigenvalue weighted by atomic mass is 16.5. The minimum absolute atomic E-state index is 0.126. The number of hydrogen-bond acceptors (Lipinski definition) is 3. The summed E-state index contributed by atoms with van der Waals surface area (Å²) < 4.78 is 5.30. The summed E-state index contributed by atoms with van der Waals surface area (Å²) in [5.74, 6) is 1.56. The molecule has 3 nitrogen and oxygen atoms in total. The van der Waals surface area contributed by atoms with E-state index in [1.807, 2.05) is 12.1 Å². The van der Waals surface area contributed by atoms with Gasteiger partial charge in [-0.05, 0) is 59.6 Å². The first-order valence-corrected chi connectivity index (χ1v) is 9.89. The summed E-state index contributed by atoms with van der Waals surface area (Å²) in [4.78, 5) is 12.1. The van der Waals surface area contributed by atoms with Gasteiger partial charge in [0.15, 0.2) is 0 Å². The van der Waals surface area contributed by atoms with Gasteiger partial charge in [-0.3, -0.25) is 4.79 Å². The lowest BCUT2D eigenvalue weighted by Crippen LogP contribution is -2.26. The molecule has 2 aromatic carbocycles. The summed E-state index contributed by atoms with van der Waals surface area (Å²) in [6.07, 6.45) is 3.45. The number of hydrogen-bond donors (Lipinski definition) is 1. The van der Waals surface area contributed by atoms with Gasteiger partial charge < -0.3 is 10.1 Å². The average Bonchev–Trinajstić information content (AvgIpc) is 2.66. The highest BCUT2D eigenvalue weighted by Crippen LogP contribution is 2.36. The average molecular weight is 366 g/mol. The van der Waals surface area contributed by atoms with Gasteiger partial charge in [0.05, 0.1) is 13.2 Å². The maximum atomic E-state index is 12.1. The molecule has 3 heteroatoms. The van der Waals surface area contributed by atoms with E-state index in [9.17, 15) is 4.79 Å². The minimum atomic E-state index is 0.126. The van der Waals surface area contributed by atoms with Gasteiger partial charge in [-0.25, -0.2) is 0 Å². The van der Waals surface area contributed by atoms with Crippen molar-refractivity contribution < 1.29 is 9.53 Å². The second-order valence-electron chi connectivity index (χ2n) is 8.62. The van der Waals surface area contributed by atoms with Crippen molar-refractivity contribution in [2.45, 2.75) is 57.9 Å². The van der Waals surface area contributed by atoms with Gasteiger partial charge >= 0.3 is 0 Å². The Labute approximate surface area is 163 Å². The van der Waals surface area contributed by atoms with E-state index in [2.05, 4.69) is 62.5 Å². The van der Waals surface area contributed by atoms with Crippen LogP contribution in [0.25, 0.3) is 0 Å². The lowest BCUT2D eigenvalue weighted by molar-refractivity contribution is -0.121. The number of carbonyl (C=O) groups is 1. The van der Waals surface area contributed by atoms with Crippen molar-refractivity contribution in [3.05, 3.63) is 59.7 Å². The van der Waals surface area contributed by atoms with E-state index < -0.39 is 0 Å². The van der Waals surface area contributed by atoms with Gasteiger partial charge in [-0.1, -0.05) is 45.0 Å². The molecule has 1 saturated carbocycles. The summed E-state index contributed by atoms with van der Waals surface area (Å²) in [5.41, 5.74) is 3.77. The largest absolute Gasteiger partial charge is 0.497 e. The van der Waals surface area contributed by atoms with E-state index in [0.717, 1.165) is 30.7 Å². The van der Waals surface area contributed by atoms with E-state index in [4.69, 9.17) is 4.74 Å². The van der Waals surface area contributed by atoms with Crippen molar-refractivity contribution in [1.29, 1.82) is 0 Å². The van der Waals surface area contributed by atoms with Crippen molar-refractivity contribution in [3.63, 3.8) is 0 Å². The molecule has 1 aliphatic rings. The second-order valence-corrected chi connectivity index (χ2v) is 8.62. The Morgan fingerprint density at radius 2 is 1.70 bits per heavy atom. The molecule has 1 N–H and O–H groups in total. The normalized spacial score (nSPS) is 18.8. The summed E-state index contributed by atoms with van der Waals surface area (Å²) in [6.45, 7) is 6.68. The third kappa shape index (κ3) is 4.91. The SMILES string of the molecule is COc1ccc([C@H](Nc2ccc(C(C)(C)C)cc2)C2CCCC(=O)C2)cc1. The first-order chi connectivity index (χ1) is 12.9. The van der Waals surface area contributed by atoms with Crippen molar-refractivity contribution in [2.75, 3.05) is 12.4 Å². The number of anilines is 1. The number of ketones is 1. The molecule has 0 amide bonds. The molecule has 144 valence electrons. The van der Waals surface area contributed by atoms with Crippen LogP contribution < -0.4 is 10.1 Å². The van der Waals surface area contributed by atoms with Crippen LogP contribution in [0, 0.1) is 5.92 Å². The Morgan fingerprint density at radius 3 is 2.26 bits per heavy atom. The first kappa shape index (κ1) is 19.5. The fourth-order valence-corrected chi connectivity index (χ4v) is 3.87. The van der Waals surface area contributed by atoms with E-state index in [0.29, 0.717) is 18.1 Å². The Balaban J connectivity index is 1.85. The topological polar surface area (TPSA) is 38.3 Å². The molecular formula is C24H31NO2. The lowest BCUT2D eigenvalue weighted by Gasteiger charge is -2.32. The van der Waals surface area contributed by atoms with Crippen LogP contribution in [-0.2, 0) is 10.2 Å². The number of ether oxygens (including phenoxy) is 1. The molecule has 1 aliphatic carbocycles. The van der Waals surface area contributed by atoms with Crippen LogP contribution in [0.3, 0.4) is 0 Å². The maximum Gasteiger partial charge on any atom is 0.133 e. The predicted molar refractivity (Wildman–Crippen MR) is 111 cm³/mol. The van der Waals surface area contributed by atoms with Gasteiger partial charge in [0.2, 0.25) is 0 Å². The Bertz CT molecular complexity index is 756. The van der Waals surface area contributed by atoms with Crippen LogP contribution in [0.2, 0.25) is 0 Å². The zero-order valence-corrected chi connectivity index (χ0v) is 16.9. The van der Waals surface area contributed by atoms with E-state index in [-0.39, 0.29) is 11.5 Å². The molecule has 1 fully saturated rings. The molecule has 0 heterocycles. The van der Waals surface area contributed by atoms with Gasteiger partial charge in [0.1, 0.15) is 11.5 Å². The van der Waals surface area contributed by atoms with Crippen LogP contribution in [0.4, 0.5) is 5.69 Å². The maximum absolute atomic E-state index is 12.1. The predicted octanol–water partition coefficient (Wildman–Crippen LogP) is 5.91. The van der Waals surface area contributed by atoms with Crippen molar-refractivity contribution in [3.8, 4) is 5.75 Å². The molecule has 0 spiro atoms. The number of nitrogens with one attached hydrogen (secondary N) is 1. The quantitative estimate of drug-likeness (QED) is 0.716. The zero-order chi connectivity index (χ0) is 19.4. The first-order valence-electron chi connectivity index (χ1n) is 9.89. The van der Waals surface area contributed by atoms with Crippen LogP contribution in [0.5, 0.6) is 5.75 Å². The summed E-state index contributed by atoms with van der Waals surface area (Å²) in [5, 5.41) is 3.71. The van der Waals surface area contributed by atoms with Gasteiger partial charge in [-0.15, -0.1) is 0 Å². The molecule has 0 radical (unpaired) electrons. The zero-order valence-electron chi connectivity index (χ0n) is 16.9. The standard InChI is InChI=1S/C24H31NO2/c1-24(2,3)19-10-12-20(13-11-19)25-23(18-6-5-7-21(26)16-18)17-8-14-22(27-4)15-9-17/h8-15,18,23,25H,5-7,16H2,1-4H3/t18?,23-/m0/s1. The van der Waals surface area contributed by atoms with Gasteiger partial charge in [0.25, 0.3) is 0 Å². The summed E-state index contributed by atoms with van der Waals surface area (Å²) in [7, 11) is 1.68. The van der Waals surface area contributed by atoms with Crippen molar-refractivity contribution >= 4 is 11.5 Å². The Morgan fingerprint density at radius 1 is 1.04 bits per heavy atom. The number of rotatable bonds is 5. The van der Waals surface area contributed by atoms with Gasteiger partial charge in [0, 0.05) is 18.5 Å². The van der Waals surface area contributed by atoms with Gasteiger partial charge in [-0.2, -0.15) is 0 Å². The highest BCUT2D eigenvalue weighted by Gasteiger charge is 2.28. The molecule has 1 unspecified atom stereocenters. The van der Waals surface area contributed by atoms with E-state index >= 15 is 0 Å². The summed E-state index contributed by atoms with van der Waals surface area (Å²) in [6, 6.07) is 17.0. The van der Waals surface area contributed by atoms with Crippen LogP contribution >= 0.6 is 0 Å². The second kappa shape index (κ2) is 8.16. The van der Waals surface area contributed by atoms with Crippen molar-refractivity contribution in [1.82, 2.24) is 0 Å². The molecule has 0 aromatic heterocycles. The molecule has 0 bridgehead atoms.